The first kappa shape index (κ1) is 16.4. The number of carbonyl (C=O) groups excluding carboxylic acids is 2. The highest BCUT2D eigenvalue weighted by Gasteiger charge is 2.13. The molecule has 0 saturated carbocycles. The van der Waals surface area contributed by atoms with Crippen molar-refractivity contribution in [3.8, 4) is 16.9 Å². The van der Waals surface area contributed by atoms with Crippen LogP contribution >= 0.6 is 0 Å². The highest BCUT2D eigenvalue weighted by molar-refractivity contribution is 5.92. The number of rotatable bonds is 6. The van der Waals surface area contributed by atoms with Crippen LogP contribution in [-0.4, -0.2) is 21.7 Å². The summed E-state index contributed by atoms with van der Waals surface area (Å²) in [5.74, 6) is -1.18. The van der Waals surface area contributed by atoms with Crippen molar-refractivity contribution < 1.29 is 14.7 Å². The maximum absolute atomic E-state index is 12.0. The molecule has 0 saturated heterocycles. The molecule has 25 heavy (non-hydrogen) atoms. The highest BCUT2D eigenvalue weighted by atomic mass is 16.4. The first-order valence-electron chi connectivity index (χ1n) is 7.84. The molecule has 1 aromatic heterocycles. The zero-order valence-electron chi connectivity index (χ0n) is 13.4. The Labute approximate surface area is 144 Å². The lowest BCUT2D eigenvalue weighted by Gasteiger charge is -2.09. The standard InChI is InChI=1S/C19H17N3O3/c23-18(11-12-19(24)25)20-17-13-16(14-7-3-1-4-8-14)21-22(17)15-9-5-2-6-10-15/h1-10,13H,11-12H2,(H,20,23)(H,24,25)/p-1. The van der Waals surface area contributed by atoms with Gasteiger partial charge in [-0.1, -0.05) is 48.5 Å². The zero-order chi connectivity index (χ0) is 17.6. The van der Waals surface area contributed by atoms with Crippen LogP contribution in [0.4, 0.5) is 5.82 Å². The monoisotopic (exact) mass is 334 g/mol. The van der Waals surface area contributed by atoms with Gasteiger partial charge in [-0.25, -0.2) is 4.68 Å². The van der Waals surface area contributed by atoms with Gasteiger partial charge in [-0.15, -0.1) is 0 Å². The summed E-state index contributed by atoms with van der Waals surface area (Å²) in [6, 6.07) is 20.8. The molecule has 0 fully saturated rings. The lowest BCUT2D eigenvalue weighted by atomic mass is 10.1. The zero-order valence-corrected chi connectivity index (χ0v) is 13.4. The molecular weight excluding hydrogens is 318 g/mol. The molecule has 0 aliphatic heterocycles. The molecule has 0 unspecified atom stereocenters. The number of aromatic nitrogens is 2. The molecule has 3 aromatic rings. The van der Waals surface area contributed by atoms with E-state index in [2.05, 4.69) is 10.4 Å². The first-order valence-corrected chi connectivity index (χ1v) is 7.84. The quantitative estimate of drug-likeness (QED) is 0.747. The van der Waals surface area contributed by atoms with E-state index < -0.39 is 11.9 Å². The van der Waals surface area contributed by atoms with Crippen LogP contribution in [0.3, 0.4) is 0 Å². The summed E-state index contributed by atoms with van der Waals surface area (Å²) in [5, 5.41) is 17.8. The molecule has 1 heterocycles. The van der Waals surface area contributed by atoms with Crippen LogP contribution < -0.4 is 10.4 Å². The Morgan fingerprint density at radius 3 is 2.24 bits per heavy atom. The number of hydrogen-bond donors (Lipinski definition) is 1. The summed E-state index contributed by atoms with van der Waals surface area (Å²) < 4.78 is 1.62. The van der Waals surface area contributed by atoms with Crippen molar-refractivity contribution in [2.24, 2.45) is 0 Å². The lowest BCUT2D eigenvalue weighted by molar-refractivity contribution is -0.305. The number of carboxylic acid groups (broad SMARTS) is 1. The van der Waals surface area contributed by atoms with Gasteiger partial charge in [-0.3, -0.25) is 4.79 Å². The molecular formula is C19H16N3O3-. The van der Waals surface area contributed by atoms with Gasteiger partial charge >= 0.3 is 0 Å². The number of nitrogens with one attached hydrogen (secondary N) is 1. The fourth-order valence-electron chi connectivity index (χ4n) is 2.41. The number of anilines is 1. The van der Waals surface area contributed by atoms with E-state index in [1.165, 1.54) is 0 Å². The number of benzene rings is 2. The fourth-order valence-corrected chi connectivity index (χ4v) is 2.41. The van der Waals surface area contributed by atoms with Crippen LogP contribution in [0.25, 0.3) is 16.9 Å². The molecule has 6 heteroatoms. The van der Waals surface area contributed by atoms with Crippen molar-refractivity contribution in [3.63, 3.8) is 0 Å². The van der Waals surface area contributed by atoms with Crippen LogP contribution in [0.5, 0.6) is 0 Å². The molecule has 126 valence electrons. The van der Waals surface area contributed by atoms with Crippen LogP contribution in [-0.2, 0) is 9.59 Å². The topological polar surface area (TPSA) is 87.0 Å². The van der Waals surface area contributed by atoms with Crippen LogP contribution in [0.15, 0.2) is 66.7 Å². The van der Waals surface area contributed by atoms with Gasteiger partial charge in [0, 0.05) is 24.0 Å². The normalized spacial score (nSPS) is 10.4. The summed E-state index contributed by atoms with van der Waals surface area (Å²) >= 11 is 0. The second kappa shape index (κ2) is 7.44. The molecule has 1 N–H and O–H groups in total. The van der Waals surface area contributed by atoms with Gasteiger partial charge < -0.3 is 15.2 Å². The minimum Gasteiger partial charge on any atom is -0.550 e. The molecule has 0 aliphatic rings. The van der Waals surface area contributed by atoms with Crippen LogP contribution in [0, 0.1) is 0 Å². The van der Waals surface area contributed by atoms with E-state index in [0.29, 0.717) is 11.5 Å². The number of carboxylic acids is 1. The smallest absolute Gasteiger partial charge is 0.225 e. The maximum Gasteiger partial charge on any atom is 0.225 e. The van der Waals surface area contributed by atoms with Gasteiger partial charge in [0.2, 0.25) is 5.91 Å². The van der Waals surface area contributed by atoms with E-state index in [4.69, 9.17) is 0 Å². The van der Waals surface area contributed by atoms with E-state index >= 15 is 0 Å². The third-order valence-corrected chi connectivity index (χ3v) is 3.60. The number of nitrogens with zero attached hydrogens (tertiary/aromatic N) is 2. The summed E-state index contributed by atoms with van der Waals surface area (Å²) in [6.07, 6.45) is -0.472. The van der Waals surface area contributed by atoms with E-state index in [0.717, 1.165) is 11.3 Å². The molecule has 0 aliphatic carbocycles. The van der Waals surface area contributed by atoms with Crippen LogP contribution in [0.2, 0.25) is 0 Å². The number of amides is 1. The minimum absolute atomic E-state index is 0.150. The average Bonchev–Trinajstić information content (AvgIpc) is 3.05. The van der Waals surface area contributed by atoms with E-state index in [-0.39, 0.29) is 12.8 Å². The van der Waals surface area contributed by atoms with Crippen molar-refractivity contribution in [2.75, 3.05) is 5.32 Å². The van der Waals surface area contributed by atoms with Crippen molar-refractivity contribution in [2.45, 2.75) is 12.8 Å². The lowest BCUT2D eigenvalue weighted by Crippen LogP contribution is -2.24. The van der Waals surface area contributed by atoms with Crippen molar-refractivity contribution in [1.29, 1.82) is 0 Å². The summed E-state index contributed by atoms with van der Waals surface area (Å²) in [7, 11) is 0. The molecule has 0 atom stereocenters. The summed E-state index contributed by atoms with van der Waals surface area (Å²) in [4.78, 5) is 22.5. The number of carbonyl (C=O) groups is 2. The largest absolute Gasteiger partial charge is 0.550 e. The number of aliphatic carboxylic acids is 1. The first-order chi connectivity index (χ1) is 12.1. The van der Waals surface area contributed by atoms with E-state index in [1.54, 1.807) is 10.7 Å². The molecule has 0 bridgehead atoms. The third-order valence-electron chi connectivity index (χ3n) is 3.60. The van der Waals surface area contributed by atoms with Gasteiger partial charge in [-0.05, 0) is 18.6 Å². The number of para-hydroxylation sites is 1. The summed E-state index contributed by atoms with van der Waals surface area (Å²) in [5.41, 5.74) is 2.42. The minimum atomic E-state index is -1.25. The Kier molecular flexibility index (Phi) is 4.89. The predicted molar refractivity (Wildman–Crippen MR) is 91.9 cm³/mol. The van der Waals surface area contributed by atoms with E-state index in [9.17, 15) is 14.7 Å². The van der Waals surface area contributed by atoms with Crippen molar-refractivity contribution in [3.05, 3.63) is 66.7 Å². The van der Waals surface area contributed by atoms with Gasteiger partial charge in [0.25, 0.3) is 0 Å². The Balaban J connectivity index is 1.93. The van der Waals surface area contributed by atoms with Crippen LogP contribution in [0.1, 0.15) is 12.8 Å². The molecule has 6 nitrogen and oxygen atoms in total. The second-order valence-corrected chi connectivity index (χ2v) is 5.45. The highest BCUT2D eigenvalue weighted by Crippen LogP contribution is 2.24. The van der Waals surface area contributed by atoms with Gasteiger partial charge in [-0.2, -0.15) is 5.10 Å². The number of hydrogen-bond acceptors (Lipinski definition) is 4. The molecule has 1 amide bonds. The average molecular weight is 334 g/mol. The van der Waals surface area contributed by atoms with Gasteiger partial charge in [0.15, 0.2) is 0 Å². The second-order valence-electron chi connectivity index (χ2n) is 5.45. The van der Waals surface area contributed by atoms with Crippen molar-refractivity contribution in [1.82, 2.24) is 9.78 Å². The Morgan fingerprint density at radius 1 is 0.960 bits per heavy atom. The summed E-state index contributed by atoms with van der Waals surface area (Å²) in [6.45, 7) is 0. The molecule has 0 spiro atoms. The Hall–Kier alpha value is -3.41. The maximum atomic E-state index is 12.0. The van der Waals surface area contributed by atoms with Gasteiger partial charge in [0.1, 0.15) is 5.82 Å². The molecule has 3 rings (SSSR count). The Morgan fingerprint density at radius 2 is 1.60 bits per heavy atom. The fraction of sp³-hybridized carbons (Fsp3) is 0.105. The van der Waals surface area contributed by atoms with E-state index in [1.807, 2.05) is 60.7 Å². The SMILES string of the molecule is O=C([O-])CCC(=O)Nc1cc(-c2ccccc2)nn1-c1ccccc1. The Bertz CT molecular complexity index is 873. The molecule has 0 radical (unpaired) electrons. The van der Waals surface area contributed by atoms with Crippen molar-refractivity contribution >= 4 is 17.7 Å². The predicted octanol–water partition coefficient (Wildman–Crippen LogP) is 2.01. The molecule has 2 aromatic carbocycles. The van der Waals surface area contributed by atoms with Gasteiger partial charge in [0.05, 0.1) is 11.4 Å². The third kappa shape index (κ3) is 4.11.